The summed E-state index contributed by atoms with van der Waals surface area (Å²) < 4.78 is 16.2. The quantitative estimate of drug-likeness (QED) is 0.686. The molecule has 0 aliphatic carbocycles. The van der Waals surface area contributed by atoms with Crippen LogP contribution >= 0.6 is 0 Å². The molecule has 0 aliphatic heterocycles. The standard InChI is InChI=1S/C18H22O4/c19-9-10-20-11-12-21-13-14-22-18-8-4-7-17(15-18)16-5-2-1-3-6-16/h1-8,15,19H,9-14H2. The lowest BCUT2D eigenvalue weighted by atomic mass is 10.1. The first-order valence-electron chi connectivity index (χ1n) is 7.45. The minimum Gasteiger partial charge on any atom is -0.491 e. The van der Waals surface area contributed by atoms with Gasteiger partial charge in [-0.15, -0.1) is 0 Å². The highest BCUT2D eigenvalue weighted by Gasteiger charge is 1.99. The van der Waals surface area contributed by atoms with Crippen LogP contribution in [-0.2, 0) is 9.47 Å². The van der Waals surface area contributed by atoms with Gasteiger partial charge in [-0.05, 0) is 23.3 Å². The highest BCUT2D eigenvalue weighted by molar-refractivity contribution is 5.64. The molecule has 22 heavy (non-hydrogen) atoms. The molecule has 0 amide bonds. The summed E-state index contributed by atoms with van der Waals surface area (Å²) in [6, 6.07) is 18.2. The molecule has 2 aromatic carbocycles. The first kappa shape index (κ1) is 16.5. The van der Waals surface area contributed by atoms with Crippen molar-refractivity contribution < 1.29 is 19.3 Å². The van der Waals surface area contributed by atoms with Gasteiger partial charge in [0.05, 0.1) is 33.0 Å². The van der Waals surface area contributed by atoms with E-state index in [0.717, 1.165) is 11.3 Å². The summed E-state index contributed by atoms with van der Waals surface area (Å²) in [5.74, 6) is 0.835. The number of rotatable bonds is 10. The van der Waals surface area contributed by atoms with Crippen LogP contribution in [0.2, 0.25) is 0 Å². The van der Waals surface area contributed by atoms with Crippen LogP contribution in [0.3, 0.4) is 0 Å². The summed E-state index contributed by atoms with van der Waals surface area (Å²) in [7, 11) is 0. The lowest BCUT2D eigenvalue weighted by molar-refractivity contribution is 0.0247. The first-order valence-corrected chi connectivity index (χ1v) is 7.45. The molecule has 4 heteroatoms. The lowest BCUT2D eigenvalue weighted by Gasteiger charge is -2.09. The number of aliphatic hydroxyl groups excluding tert-OH is 1. The highest BCUT2D eigenvalue weighted by Crippen LogP contribution is 2.23. The average Bonchev–Trinajstić information content (AvgIpc) is 2.58. The van der Waals surface area contributed by atoms with E-state index in [1.54, 1.807) is 0 Å². The van der Waals surface area contributed by atoms with Crippen molar-refractivity contribution >= 4 is 0 Å². The SMILES string of the molecule is OCCOCCOCCOc1cccc(-c2ccccc2)c1. The minimum absolute atomic E-state index is 0.0425. The molecular weight excluding hydrogens is 280 g/mol. The Hall–Kier alpha value is -1.88. The van der Waals surface area contributed by atoms with Crippen LogP contribution in [0.1, 0.15) is 0 Å². The molecule has 0 radical (unpaired) electrons. The Morgan fingerprint density at radius 2 is 1.36 bits per heavy atom. The van der Waals surface area contributed by atoms with Crippen molar-refractivity contribution in [1.82, 2.24) is 0 Å². The van der Waals surface area contributed by atoms with E-state index in [4.69, 9.17) is 19.3 Å². The fourth-order valence-corrected chi connectivity index (χ4v) is 2.00. The number of hydrogen-bond donors (Lipinski definition) is 1. The third-order valence-electron chi connectivity index (χ3n) is 3.05. The molecular formula is C18H22O4. The average molecular weight is 302 g/mol. The molecule has 0 aromatic heterocycles. The van der Waals surface area contributed by atoms with Crippen LogP contribution in [0.4, 0.5) is 0 Å². The zero-order valence-electron chi connectivity index (χ0n) is 12.6. The Bertz CT molecular complexity index is 528. The molecule has 0 saturated heterocycles. The van der Waals surface area contributed by atoms with Crippen molar-refractivity contribution in [2.45, 2.75) is 0 Å². The third kappa shape index (κ3) is 5.85. The van der Waals surface area contributed by atoms with Crippen LogP contribution in [0.25, 0.3) is 11.1 Å². The molecule has 0 saturated carbocycles. The minimum atomic E-state index is 0.0425. The van der Waals surface area contributed by atoms with Gasteiger partial charge in [-0.1, -0.05) is 42.5 Å². The van der Waals surface area contributed by atoms with Crippen molar-refractivity contribution in [3.63, 3.8) is 0 Å². The van der Waals surface area contributed by atoms with Gasteiger partial charge in [0.25, 0.3) is 0 Å². The van der Waals surface area contributed by atoms with Gasteiger partial charge >= 0.3 is 0 Å². The Morgan fingerprint density at radius 1 is 0.682 bits per heavy atom. The fourth-order valence-electron chi connectivity index (χ4n) is 2.00. The summed E-state index contributed by atoms with van der Waals surface area (Å²) >= 11 is 0. The van der Waals surface area contributed by atoms with Crippen molar-refractivity contribution in [2.24, 2.45) is 0 Å². The second-order valence-electron chi connectivity index (χ2n) is 4.69. The number of ether oxygens (including phenoxy) is 3. The van der Waals surface area contributed by atoms with Gasteiger partial charge in [0.15, 0.2) is 0 Å². The number of benzene rings is 2. The molecule has 1 N–H and O–H groups in total. The molecule has 0 aliphatic rings. The first-order chi connectivity index (χ1) is 10.9. The molecule has 0 atom stereocenters. The predicted molar refractivity (Wildman–Crippen MR) is 86.1 cm³/mol. The Kier molecular flexibility index (Phi) is 7.46. The molecule has 2 aromatic rings. The van der Waals surface area contributed by atoms with Gasteiger partial charge in [-0.2, -0.15) is 0 Å². The van der Waals surface area contributed by atoms with E-state index in [1.807, 2.05) is 36.4 Å². The van der Waals surface area contributed by atoms with Crippen molar-refractivity contribution in [3.05, 3.63) is 54.6 Å². The topological polar surface area (TPSA) is 47.9 Å². The van der Waals surface area contributed by atoms with E-state index in [9.17, 15) is 0 Å². The predicted octanol–water partition coefficient (Wildman–Crippen LogP) is 2.76. The monoisotopic (exact) mass is 302 g/mol. The lowest BCUT2D eigenvalue weighted by Crippen LogP contribution is -2.11. The van der Waals surface area contributed by atoms with Gasteiger partial charge in [0.1, 0.15) is 12.4 Å². The van der Waals surface area contributed by atoms with E-state index >= 15 is 0 Å². The molecule has 0 unspecified atom stereocenters. The smallest absolute Gasteiger partial charge is 0.120 e. The van der Waals surface area contributed by atoms with Gasteiger partial charge in [0, 0.05) is 0 Å². The largest absolute Gasteiger partial charge is 0.491 e. The van der Waals surface area contributed by atoms with E-state index in [-0.39, 0.29) is 6.61 Å². The molecule has 0 fully saturated rings. The zero-order chi connectivity index (χ0) is 15.5. The second-order valence-corrected chi connectivity index (χ2v) is 4.69. The van der Waals surface area contributed by atoms with Gasteiger partial charge in [-0.25, -0.2) is 0 Å². The van der Waals surface area contributed by atoms with Crippen LogP contribution in [-0.4, -0.2) is 44.7 Å². The second kappa shape index (κ2) is 9.95. The molecule has 2 rings (SSSR count). The Balaban J connectivity index is 1.70. The van der Waals surface area contributed by atoms with Crippen molar-refractivity contribution in [1.29, 1.82) is 0 Å². The van der Waals surface area contributed by atoms with Gasteiger partial charge in [0.2, 0.25) is 0 Å². The van der Waals surface area contributed by atoms with E-state index < -0.39 is 0 Å². The summed E-state index contributed by atoms with van der Waals surface area (Å²) in [6.07, 6.45) is 0. The Labute approximate surface area is 131 Å². The summed E-state index contributed by atoms with van der Waals surface area (Å²) in [5.41, 5.74) is 2.31. The fraction of sp³-hybridized carbons (Fsp3) is 0.333. The van der Waals surface area contributed by atoms with E-state index in [2.05, 4.69) is 18.2 Å². The zero-order valence-corrected chi connectivity index (χ0v) is 12.6. The molecule has 0 heterocycles. The van der Waals surface area contributed by atoms with E-state index in [1.165, 1.54) is 5.56 Å². The van der Waals surface area contributed by atoms with Crippen LogP contribution in [0, 0.1) is 0 Å². The van der Waals surface area contributed by atoms with Crippen molar-refractivity contribution in [2.75, 3.05) is 39.6 Å². The van der Waals surface area contributed by atoms with Gasteiger partial charge < -0.3 is 19.3 Å². The number of hydrogen-bond acceptors (Lipinski definition) is 4. The maximum Gasteiger partial charge on any atom is 0.120 e. The van der Waals surface area contributed by atoms with Crippen molar-refractivity contribution in [3.8, 4) is 16.9 Å². The molecule has 118 valence electrons. The highest BCUT2D eigenvalue weighted by atomic mass is 16.5. The van der Waals surface area contributed by atoms with Crippen LogP contribution in [0.15, 0.2) is 54.6 Å². The third-order valence-corrected chi connectivity index (χ3v) is 3.05. The summed E-state index contributed by atoms with van der Waals surface area (Å²) in [6.45, 7) is 2.40. The number of aliphatic hydroxyl groups is 1. The maximum atomic E-state index is 8.55. The maximum absolute atomic E-state index is 8.55. The van der Waals surface area contributed by atoms with Gasteiger partial charge in [-0.3, -0.25) is 0 Å². The normalized spacial score (nSPS) is 10.6. The molecule has 0 spiro atoms. The van der Waals surface area contributed by atoms with Crippen LogP contribution < -0.4 is 4.74 Å². The van der Waals surface area contributed by atoms with E-state index in [0.29, 0.717) is 33.0 Å². The molecule has 0 bridgehead atoms. The van der Waals surface area contributed by atoms with Crippen LogP contribution in [0.5, 0.6) is 5.75 Å². The molecule has 4 nitrogen and oxygen atoms in total. The Morgan fingerprint density at radius 3 is 2.14 bits per heavy atom. The summed E-state index contributed by atoms with van der Waals surface area (Å²) in [4.78, 5) is 0. The summed E-state index contributed by atoms with van der Waals surface area (Å²) in [5, 5.41) is 8.55.